The number of pyridine rings is 1. The molecule has 0 amide bonds. The van der Waals surface area contributed by atoms with Gasteiger partial charge >= 0.3 is 0 Å². The van der Waals surface area contributed by atoms with Gasteiger partial charge in [-0.2, -0.15) is 5.10 Å². The minimum atomic E-state index is -3.19. The molecular weight excluding hydrogens is 376 g/mol. The van der Waals surface area contributed by atoms with Gasteiger partial charge in [0.05, 0.1) is 23.7 Å². The molecule has 0 aliphatic heterocycles. The van der Waals surface area contributed by atoms with E-state index in [0.29, 0.717) is 29.1 Å². The molecule has 2 rings (SSSR count). The van der Waals surface area contributed by atoms with Crippen molar-refractivity contribution >= 4 is 26.9 Å². The fraction of sp³-hybridized carbons (Fsp3) is 0.250. The van der Waals surface area contributed by atoms with Gasteiger partial charge in [-0.15, -0.1) is 0 Å². The third-order valence-electron chi connectivity index (χ3n) is 3.83. The largest absolute Gasteiger partial charge is 0.313 e. The normalized spacial score (nSPS) is 11.7. The van der Waals surface area contributed by atoms with E-state index in [1.54, 1.807) is 35.0 Å². The molecule has 0 fully saturated rings. The summed E-state index contributed by atoms with van der Waals surface area (Å²) >= 11 is 0. The topological polar surface area (TPSA) is 84.9 Å². The number of nitrogens with zero attached hydrogens (tertiary/aromatic N) is 3. The van der Waals surface area contributed by atoms with E-state index in [-0.39, 0.29) is 17.0 Å². The third-order valence-corrected chi connectivity index (χ3v) is 4.69. The summed E-state index contributed by atoms with van der Waals surface area (Å²) in [7, 11) is -3.19. The highest BCUT2D eigenvalue weighted by molar-refractivity contribution is 7.89. The van der Waals surface area contributed by atoms with E-state index in [4.69, 9.17) is 6.57 Å². The minimum Gasteiger partial charge on any atom is -0.313 e. The first-order valence-corrected chi connectivity index (χ1v) is 10.7. The molecule has 0 spiro atoms. The van der Waals surface area contributed by atoms with Crippen LogP contribution in [0.1, 0.15) is 24.5 Å². The molecule has 8 heteroatoms. The molecule has 0 saturated carbocycles. The van der Waals surface area contributed by atoms with Gasteiger partial charge < -0.3 is 4.57 Å². The Balaban J connectivity index is 2.34. The number of anilines is 1. The number of benzene rings is 1. The number of sulfone groups is 1. The van der Waals surface area contributed by atoms with E-state index >= 15 is 0 Å². The van der Waals surface area contributed by atoms with Crippen LogP contribution in [-0.2, 0) is 22.1 Å². The first-order chi connectivity index (χ1) is 13.3. The first kappa shape index (κ1) is 21.1. The van der Waals surface area contributed by atoms with Crippen LogP contribution >= 0.6 is 0 Å². The first-order valence-electron chi connectivity index (χ1n) is 8.62. The van der Waals surface area contributed by atoms with E-state index in [9.17, 15) is 13.2 Å². The van der Waals surface area contributed by atoms with Gasteiger partial charge in [-0.25, -0.2) is 13.3 Å². The van der Waals surface area contributed by atoms with Crippen molar-refractivity contribution in [2.75, 3.05) is 11.7 Å². The lowest BCUT2D eigenvalue weighted by Gasteiger charge is -2.09. The number of nitrogens with one attached hydrogen (secondary N) is 1. The second-order valence-electron chi connectivity index (χ2n) is 6.30. The number of aryl methyl sites for hydroxylation is 1. The lowest BCUT2D eigenvalue weighted by Crippen LogP contribution is -2.18. The summed E-state index contributed by atoms with van der Waals surface area (Å²) in [5.74, 6) is -0.131. The molecule has 28 heavy (non-hydrogen) atoms. The Morgan fingerprint density at radius 2 is 2.11 bits per heavy atom. The summed E-state index contributed by atoms with van der Waals surface area (Å²) in [5.41, 5.74) is 5.23. The average molecular weight is 398 g/mol. The van der Waals surface area contributed by atoms with E-state index in [2.05, 4.69) is 22.0 Å². The number of rotatable bonds is 8. The molecule has 0 bridgehead atoms. The van der Waals surface area contributed by atoms with Gasteiger partial charge in [-0.3, -0.25) is 10.2 Å². The molecule has 1 N–H and O–H groups in total. The summed E-state index contributed by atoms with van der Waals surface area (Å²) < 4.78 is 24.6. The second-order valence-corrected chi connectivity index (χ2v) is 8.44. The van der Waals surface area contributed by atoms with Crippen LogP contribution in [-0.4, -0.2) is 25.0 Å². The van der Waals surface area contributed by atoms with E-state index in [1.165, 1.54) is 12.1 Å². The van der Waals surface area contributed by atoms with Crippen molar-refractivity contribution in [2.24, 2.45) is 5.10 Å². The maximum Gasteiger partial charge on any atom is 0.250 e. The Labute approximate surface area is 164 Å². The molecule has 0 atom stereocenters. The van der Waals surface area contributed by atoms with Crippen LogP contribution in [0.25, 0.3) is 4.85 Å². The van der Waals surface area contributed by atoms with Crippen molar-refractivity contribution in [1.29, 1.82) is 0 Å². The maximum absolute atomic E-state index is 11.8. The quantitative estimate of drug-likeness (QED) is 0.420. The van der Waals surface area contributed by atoms with Crippen LogP contribution in [0, 0.1) is 6.57 Å². The SMILES string of the molecule is [C-]#[N+]c1cc(CS(C)(=O)=O)ccc1/C(C=C)=N/Nc1ccc(=O)n(CCC)c1. The van der Waals surface area contributed by atoms with E-state index in [0.717, 1.165) is 12.7 Å². The fourth-order valence-electron chi connectivity index (χ4n) is 2.63. The second kappa shape index (κ2) is 9.15. The molecule has 0 saturated heterocycles. The lowest BCUT2D eigenvalue weighted by atomic mass is 10.1. The molecule has 7 nitrogen and oxygen atoms in total. The average Bonchev–Trinajstić information content (AvgIpc) is 2.64. The monoisotopic (exact) mass is 398 g/mol. The Kier molecular flexibility index (Phi) is 6.90. The summed E-state index contributed by atoms with van der Waals surface area (Å²) in [5, 5.41) is 4.30. The predicted molar refractivity (Wildman–Crippen MR) is 113 cm³/mol. The van der Waals surface area contributed by atoms with Crippen molar-refractivity contribution in [1.82, 2.24) is 4.57 Å². The molecule has 1 aromatic heterocycles. The smallest absolute Gasteiger partial charge is 0.250 e. The Hall–Kier alpha value is -3.18. The standard InChI is InChI=1S/C20H22N4O3S/c1-5-11-24-13-16(8-10-20(24)25)22-23-18(6-2)17-9-7-15(12-19(17)21-3)14-28(4,26)27/h6-10,12-13,22H,2,5,11,14H2,1,4H3/b23-18+. The van der Waals surface area contributed by atoms with Gasteiger partial charge in [-0.1, -0.05) is 31.7 Å². The Bertz CT molecular complexity index is 1110. The van der Waals surface area contributed by atoms with Crippen LogP contribution in [0.15, 0.2) is 59.1 Å². The number of allylic oxidation sites excluding steroid dienone is 1. The molecule has 1 aromatic carbocycles. The minimum absolute atomic E-state index is 0.0860. The zero-order chi connectivity index (χ0) is 20.7. The molecule has 0 aliphatic rings. The van der Waals surface area contributed by atoms with Crippen molar-refractivity contribution in [3.8, 4) is 0 Å². The molecule has 0 radical (unpaired) electrons. The molecule has 0 aliphatic carbocycles. The molecule has 0 unspecified atom stereocenters. The van der Waals surface area contributed by atoms with Crippen LogP contribution in [0.2, 0.25) is 0 Å². The number of hydrogen-bond donors (Lipinski definition) is 1. The third kappa shape index (κ3) is 5.66. The molecule has 2 aromatic rings. The zero-order valence-corrected chi connectivity index (χ0v) is 16.7. The summed E-state index contributed by atoms with van der Waals surface area (Å²) in [6.45, 7) is 13.7. The van der Waals surface area contributed by atoms with Crippen LogP contribution < -0.4 is 11.0 Å². The van der Waals surface area contributed by atoms with E-state index in [1.807, 2.05) is 6.92 Å². The summed E-state index contributed by atoms with van der Waals surface area (Å²) in [6, 6.07) is 7.96. The van der Waals surface area contributed by atoms with Gasteiger partial charge in [0.2, 0.25) is 0 Å². The summed E-state index contributed by atoms with van der Waals surface area (Å²) in [4.78, 5) is 15.3. The van der Waals surface area contributed by atoms with Crippen molar-refractivity contribution in [3.05, 3.63) is 82.1 Å². The number of aromatic nitrogens is 1. The molecule has 1 heterocycles. The van der Waals surface area contributed by atoms with Crippen molar-refractivity contribution < 1.29 is 8.42 Å². The van der Waals surface area contributed by atoms with Crippen molar-refractivity contribution in [3.63, 3.8) is 0 Å². The van der Waals surface area contributed by atoms with Crippen LogP contribution in [0.4, 0.5) is 11.4 Å². The van der Waals surface area contributed by atoms with Gasteiger partial charge in [-0.05, 0) is 24.1 Å². The predicted octanol–water partition coefficient (Wildman–Crippen LogP) is 3.36. The molecule has 146 valence electrons. The number of hydrogen-bond acceptors (Lipinski definition) is 5. The Morgan fingerprint density at radius 1 is 1.36 bits per heavy atom. The maximum atomic E-state index is 11.8. The lowest BCUT2D eigenvalue weighted by molar-refractivity contribution is 0.601. The fourth-order valence-corrected chi connectivity index (χ4v) is 3.42. The highest BCUT2D eigenvalue weighted by Crippen LogP contribution is 2.24. The van der Waals surface area contributed by atoms with E-state index < -0.39 is 9.84 Å². The van der Waals surface area contributed by atoms with Gasteiger partial charge in [0.1, 0.15) is 0 Å². The highest BCUT2D eigenvalue weighted by atomic mass is 32.2. The van der Waals surface area contributed by atoms with Crippen LogP contribution in [0.3, 0.4) is 0 Å². The van der Waals surface area contributed by atoms with Crippen molar-refractivity contribution in [2.45, 2.75) is 25.6 Å². The van der Waals surface area contributed by atoms with Gasteiger partial charge in [0, 0.05) is 30.6 Å². The van der Waals surface area contributed by atoms with Crippen LogP contribution in [0.5, 0.6) is 0 Å². The van der Waals surface area contributed by atoms with Gasteiger partial charge in [0.15, 0.2) is 15.5 Å². The number of hydrazone groups is 1. The summed E-state index contributed by atoms with van der Waals surface area (Å²) in [6.07, 6.45) is 5.17. The Morgan fingerprint density at radius 3 is 2.71 bits per heavy atom. The van der Waals surface area contributed by atoms with Gasteiger partial charge in [0.25, 0.3) is 5.56 Å². The molecular formula is C20H22N4O3S. The highest BCUT2D eigenvalue weighted by Gasteiger charge is 2.11. The zero-order valence-electron chi connectivity index (χ0n) is 15.8.